The van der Waals surface area contributed by atoms with Gasteiger partial charge < -0.3 is 30.1 Å². The molecule has 0 radical (unpaired) electrons. The Hall–Kier alpha value is -4.20. The van der Waals surface area contributed by atoms with E-state index in [9.17, 15) is 9.59 Å². The Bertz CT molecular complexity index is 1310. The molecule has 0 aliphatic rings. The third-order valence-corrected chi connectivity index (χ3v) is 5.01. The lowest BCUT2D eigenvalue weighted by atomic mass is 10.2. The van der Waals surface area contributed by atoms with Crippen molar-refractivity contribution in [1.82, 2.24) is 9.97 Å². The van der Waals surface area contributed by atoms with Gasteiger partial charge in [-0.15, -0.1) is 0 Å². The van der Waals surface area contributed by atoms with Crippen molar-refractivity contribution in [3.63, 3.8) is 0 Å². The summed E-state index contributed by atoms with van der Waals surface area (Å²) >= 11 is 0. The van der Waals surface area contributed by atoms with Crippen LogP contribution in [0, 0.1) is 6.92 Å². The number of rotatable bonds is 9. The summed E-state index contributed by atoms with van der Waals surface area (Å²) in [5.41, 5.74) is 4.99. The quantitative estimate of drug-likeness (QED) is 0.308. The number of anilines is 2. The van der Waals surface area contributed by atoms with Gasteiger partial charge in [-0.05, 0) is 61.9 Å². The number of carbonyl (C=O) groups is 1. The Kier molecular flexibility index (Phi) is 6.64. The Balaban J connectivity index is 1.38. The number of benzene rings is 3. The van der Waals surface area contributed by atoms with Crippen molar-refractivity contribution < 1.29 is 14.3 Å². The number of hydrogen-bond donors (Lipinski definition) is 4. The number of amides is 1. The highest BCUT2D eigenvalue weighted by Gasteiger charge is 2.10. The first kappa shape index (κ1) is 22.0. The molecule has 1 amide bonds. The summed E-state index contributed by atoms with van der Waals surface area (Å²) in [4.78, 5) is 29.2. The number of nitrogens with one attached hydrogen (secondary N) is 4. The zero-order valence-corrected chi connectivity index (χ0v) is 18.5. The van der Waals surface area contributed by atoms with Gasteiger partial charge in [-0.3, -0.25) is 4.79 Å². The fraction of sp³-hybridized carbons (Fsp3) is 0.200. The van der Waals surface area contributed by atoms with E-state index in [4.69, 9.17) is 9.47 Å². The van der Waals surface area contributed by atoms with E-state index in [1.165, 1.54) is 0 Å². The van der Waals surface area contributed by atoms with Crippen LogP contribution in [0.25, 0.3) is 11.0 Å². The highest BCUT2D eigenvalue weighted by molar-refractivity contribution is 5.91. The Morgan fingerprint density at radius 2 is 1.64 bits per heavy atom. The summed E-state index contributed by atoms with van der Waals surface area (Å²) in [6.07, 6.45) is 0. The van der Waals surface area contributed by atoms with Gasteiger partial charge in [0.2, 0.25) is 0 Å². The van der Waals surface area contributed by atoms with E-state index in [0.29, 0.717) is 24.7 Å². The smallest absolute Gasteiger partial charge is 0.323 e. The van der Waals surface area contributed by atoms with Crippen LogP contribution in [0.4, 0.5) is 11.4 Å². The molecule has 1 aromatic heterocycles. The molecule has 0 atom stereocenters. The summed E-state index contributed by atoms with van der Waals surface area (Å²) in [5, 5.41) is 6.15. The van der Waals surface area contributed by atoms with Crippen LogP contribution in [0.5, 0.6) is 11.5 Å². The summed E-state index contributed by atoms with van der Waals surface area (Å²) < 4.78 is 11.4. The van der Waals surface area contributed by atoms with Crippen molar-refractivity contribution in [3.05, 3.63) is 82.3 Å². The molecule has 33 heavy (non-hydrogen) atoms. The van der Waals surface area contributed by atoms with Crippen molar-refractivity contribution >= 4 is 28.3 Å². The summed E-state index contributed by atoms with van der Waals surface area (Å²) in [6, 6.07) is 18.8. The largest absolute Gasteiger partial charge is 0.490 e. The monoisotopic (exact) mass is 446 g/mol. The Morgan fingerprint density at radius 1 is 0.879 bits per heavy atom. The molecule has 170 valence electrons. The van der Waals surface area contributed by atoms with Crippen LogP contribution >= 0.6 is 0 Å². The first-order valence-electron chi connectivity index (χ1n) is 10.7. The van der Waals surface area contributed by atoms with Crippen molar-refractivity contribution in [2.45, 2.75) is 20.4 Å². The molecule has 4 rings (SSSR count). The third kappa shape index (κ3) is 5.74. The predicted octanol–water partition coefficient (Wildman–Crippen LogP) is 4.19. The molecule has 8 heteroatoms. The number of H-pyrrole nitrogens is 2. The highest BCUT2D eigenvalue weighted by atomic mass is 16.5. The lowest BCUT2D eigenvalue weighted by Crippen LogP contribution is -2.20. The van der Waals surface area contributed by atoms with E-state index in [2.05, 4.69) is 20.6 Å². The molecule has 4 N–H and O–H groups in total. The molecule has 0 spiro atoms. The molecule has 0 saturated carbocycles. The maximum atomic E-state index is 12.2. The first-order valence-corrected chi connectivity index (χ1v) is 10.7. The van der Waals surface area contributed by atoms with Gasteiger partial charge in [0.1, 0.15) is 0 Å². The average Bonchev–Trinajstić information content (AvgIpc) is 3.18. The number of aromatic nitrogens is 2. The highest BCUT2D eigenvalue weighted by Crippen LogP contribution is 2.29. The summed E-state index contributed by atoms with van der Waals surface area (Å²) in [5.74, 6) is 0.835. The van der Waals surface area contributed by atoms with Gasteiger partial charge in [-0.25, -0.2) is 4.79 Å². The van der Waals surface area contributed by atoms with E-state index in [1.54, 1.807) is 6.07 Å². The van der Waals surface area contributed by atoms with E-state index in [0.717, 1.165) is 33.5 Å². The van der Waals surface area contributed by atoms with Crippen LogP contribution < -0.4 is 25.8 Å². The summed E-state index contributed by atoms with van der Waals surface area (Å²) in [6.45, 7) is 4.78. The minimum Gasteiger partial charge on any atom is -0.490 e. The fourth-order valence-electron chi connectivity index (χ4n) is 3.37. The number of aryl methyl sites for hydroxylation is 1. The summed E-state index contributed by atoms with van der Waals surface area (Å²) in [7, 11) is 0. The number of aromatic amines is 2. The molecule has 0 fully saturated rings. The van der Waals surface area contributed by atoms with Gasteiger partial charge in [-0.2, -0.15) is 0 Å². The number of hydrogen-bond acceptors (Lipinski definition) is 5. The molecule has 0 unspecified atom stereocenters. The van der Waals surface area contributed by atoms with E-state index in [1.807, 2.05) is 68.4 Å². The number of fused-ring (bicyclic) bond motifs is 1. The van der Waals surface area contributed by atoms with E-state index >= 15 is 0 Å². The van der Waals surface area contributed by atoms with Crippen molar-refractivity contribution in [2.75, 3.05) is 23.8 Å². The van der Waals surface area contributed by atoms with Crippen LogP contribution in [-0.4, -0.2) is 29.1 Å². The minimum absolute atomic E-state index is 0.125. The van der Waals surface area contributed by atoms with Crippen LogP contribution in [0.3, 0.4) is 0 Å². The molecule has 0 bridgehead atoms. The second-order valence-corrected chi connectivity index (χ2v) is 7.61. The van der Waals surface area contributed by atoms with Gasteiger partial charge in [0.15, 0.2) is 18.1 Å². The molecule has 0 aliphatic heterocycles. The maximum absolute atomic E-state index is 12.2. The van der Waals surface area contributed by atoms with Crippen LogP contribution in [-0.2, 0) is 11.3 Å². The van der Waals surface area contributed by atoms with E-state index < -0.39 is 0 Å². The normalized spacial score (nSPS) is 10.7. The molecule has 0 aliphatic carbocycles. The molecular formula is C25H26N4O4. The SMILES string of the molecule is CCOc1cc(CNc2ccc3[nH]c(=O)[nH]c3c2)ccc1OCC(=O)Nc1ccc(C)cc1. The number of ether oxygens (including phenoxy) is 2. The first-order chi connectivity index (χ1) is 16.0. The van der Waals surface area contributed by atoms with E-state index in [-0.39, 0.29) is 18.2 Å². The average molecular weight is 447 g/mol. The van der Waals surface area contributed by atoms with Crippen molar-refractivity contribution in [2.24, 2.45) is 0 Å². The minimum atomic E-state index is -0.245. The van der Waals surface area contributed by atoms with Crippen LogP contribution in [0.15, 0.2) is 65.5 Å². The lowest BCUT2D eigenvalue weighted by Gasteiger charge is -2.14. The fourth-order valence-corrected chi connectivity index (χ4v) is 3.37. The number of imidazole rings is 1. The lowest BCUT2D eigenvalue weighted by molar-refractivity contribution is -0.118. The van der Waals surface area contributed by atoms with Gasteiger partial charge >= 0.3 is 5.69 Å². The second-order valence-electron chi connectivity index (χ2n) is 7.61. The zero-order chi connectivity index (χ0) is 23.2. The predicted molar refractivity (Wildman–Crippen MR) is 129 cm³/mol. The Morgan fingerprint density at radius 3 is 2.42 bits per heavy atom. The standard InChI is InChI=1S/C25H26N4O4/c1-3-32-23-12-17(14-26-19-9-10-20-21(13-19)29-25(31)28-20)6-11-22(23)33-15-24(30)27-18-7-4-16(2)5-8-18/h4-13,26H,3,14-15H2,1-2H3,(H,27,30)(H2,28,29,31). The van der Waals surface area contributed by atoms with Gasteiger partial charge in [0, 0.05) is 17.9 Å². The Labute approximate surface area is 190 Å². The zero-order valence-electron chi connectivity index (χ0n) is 18.5. The molecular weight excluding hydrogens is 420 g/mol. The van der Waals surface area contributed by atoms with Gasteiger partial charge in [0.25, 0.3) is 5.91 Å². The molecule has 3 aromatic carbocycles. The second kappa shape index (κ2) is 9.95. The molecule has 4 aromatic rings. The van der Waals surface area contributed by atoms with Crippen LogP contribution in [0.1, 0.15) is 18.1 Å². The molecule has 1 heterocycles. The topological polar surface area (TPSA) is 108 Å². The maximum Gasteiger partial charge on any atom is 0.323 e. The number of carbonyl (C=O) groups excluding carboxylic acids is 1. The molecule has 0 saturated heterocycles. The molecule has 8 nitrogen and oxygen atoms in total. The van der Waals surface area contributed by atoms with Crippen molar-refractivity contribution in [1.29, 1.82) is 0 Å². The van der Waals surface area contributed by atoms with Gasteiger partial charge in [-0.1, -0.05) is 23.8 Å². The van der Waals surface area contributed by atoms with Crippen molar-refractivity contribution in [3.8, 4) is 11.5 Å². The van der Waals surface area contributed by atoms with Crippen LogP contribution in [0.2, 0.25) is 0 Å². The third-order valence-electron chi connectivity index (χ3n) is 5.01. The van der Waals surface area contributed by atoms with Gasteiger partial charge in [0.05, 0.1) is 17.6 Å².